The topological polar surface area (TPSA) is 77.0 Å². The third-order valence-corrected chi connectivity index (χ3v) is 5.89. The minimum absolute atomic E-state index is 0.128. The number of nitrogens with two attached hydrogens (primary N) is 1. The van der Waals surface area contributed by atoms with Crippen LogP contribution in [-0.4, -0.2) is 21.5 Å². The summed E-state index contributed by atoms with van der Waals surface area (Å²) >= 11 is 7.71. The molecule has 26 heavy (non-hydrogen) atoms. The Morgan fingerprint density at radius 1 is 1.42 bits per heavy atom. The van der Waals surface area contributed by atoms with Crippen LogP contribution in [0.15, 0.2) is 23.6 Å². The van der Waals surface area contributed by atoms with Crippen LogP contribution in [0.1, 0.15) is 43.8 Å². The van der Waals surface area contributed by atoms with Gasteiger partial charge < -0.3 is 11.1 Å². The summed E-state index contributed by atoms with van der Waals surface area (Å²) in [5.74, 6) is 1.57. The van der Waals surface area contributed by atoms with Crippen LogP contribution in [0.3, 0.4) is 0 Å². The number of rotatable bonds is 3. The van der Waals surface area contributed by atoms with E-state index in [0.717, 1.165) is 29.2 Å². The maximum atomic E-state index is 12.5. The number of nitrogen functional groups attached to an aromatic ring is 1. The third kappa shape index (κ3) is 2.95. The van der Waals surface area contributed by atoms with Gasteiger partial charge in [-0.2, -0.15) is 8.97 Å². The molecule has 136 valence electrons. The smallest absolute Gasteiger partial charge is 0.342 e. The van der Waals surface area contributed by atoms with Gasteiger partial charge in [0.25, 0.3) is 5.91 Å². The van der Waals surface area contributed by atoms with E-state index in [1.54, 1.807) is 26.4 Å². The molecule has 8 heteroatoms. The number of aromatic nitrogens is 3. The third-order valence-electron chi connectivity index (χ3n) is 4.82. The fraction of sp³-hybridized carbons (Fsp3) is 0.389. The van der Waals surface area contributed by atoms with Crippen molar-refractivity contribution in [3.8, 4) is 10.6 Å². The van der Waals surface area contributed by atoms with Gasteiger partial charge in [0.05, 0.1) is 10.9 Å². The quantitative estimate of drug-likeness (QED) is 0.523. The standard InChI is InChI=1S/C18H20ClN5OS/c1-11(25)23-16(13-8-5-9-26-13)17(21-12-6-3-2-4-7-12)24-15(20)10-14(19)22-18(23)24/h5,8-10,12,20-21H,2-4,6-7H2,1H3/p+1. The summed E-state index contributed by atoms with van der Waals surface area (Å²) < 4.78 is 3.40. The SMILES string of the molecule is CC(=O)n1c(-c2cccs2)c(NC2CCCCC2)[n+]2c(N)cc(Cl)nc12. The molecule has 0 saturated heterocycles. The van der Waals surface area contributed by atoms with E-state index in [4.69, 9.17) is 17.3 Å². The molecule has 0 aromatic carbocycles. The molecule has 0 amide bonds. The van der Waals surface area contributed by atoms with Crippen LogP contribution in [0.4, 0.5) is 11.6 Å². The molecule has 1 saturated carbocycles. The Labute approximate surface area is 160 Å². The number of nitrogens with one attached hydrogen (secondary N) is 1. The molecular weight excluding hydrogens is 370 g/mol. The number of fused-ring (bicyclic) bond motifs is 1. The number of anilines is 2. The lowest BCUT2D eigenvalue weighted by molar-refractivity contribution is -0.481. The molecule has 6 nitrogen and oxygen atoms in total. The van der Waals surface area contributed by atoms with Crippen LogP contribution in [0.5, 0.6) is 0 Å². The normalized spacial score (nSPS) is 15.5. The van der Waals surface area contributed by atoms with Crippen LogP contribution >= 0.6 is 22.9 Å². The number of carbonyl (C=O) groups excluding carboxylic acids is 1. The lowest BCUT2D eigenvalue weighted by Crippen LogP contribution is -2.34. The first kappa shape index (κ1) is 17.3. The molecule has 0 unspecified atom stereocenters. The average molecular weight is 391 g/mol. The van der Waals surface area contributed by atoms with Gasteiger partial charge in [-0.3, -0.25) is 4.79 Å². The summed E-state index contributed by atoms with van der Waals surface area (Å²) in [5.41, 5.74) is 7.07. The van der Waals surface area contributed by atoms with E-state index in [1.165, 1.54) is 26.2 Å². The molecule has 3 aromatic heterocycles. The van der Waals surface area contributed by atoms with E-state index in [-0.39, 0.29) is 11.1 Å². The Morgan fingerprint density at radius 2 is 2.19 bits per heavy atom. The fourth-order valence-corrected chi connectivity index (χ4v) is 4.63. The van der Waals surface area contributed by atoms with Crippen molar-refractivity contribution in [3.63, 3.8) is 0 Å². The number of hydrogen-bond acceptors (Lipinski definition) is 5. The molecule has 3 heterocycles. The highest BCUT2D eigenvalue weighted by Crippen LogP contribution is 2.34. The largest absolute Gasteiger partial charge is 0.344 e. The maximum Gasteiger partial charge on any atom is 0.342 e. The Kier molecular flexibility index (Phi) is 4.58. The second-order valence-corrected chi connectivity index (χ2v) is 7.98. The monoisotopic (exact) mass is 390 g/mol. The Balaban J connectivity index is 2.00. The van der Waals surface area contributed by atoms with E-state index < -0.39 is 0 Å². The summed E-state index contributed by atoms with van der Waals surface area (Å²) in [5, 5.41) is 5.91. The first-order valence-electron chi connectivity index (χ1n) is 8.80. The lowest BCUT2D eigenvalue weighted by Gasteiger charge is -2.21. The van der Waals surface area contributed by atoms with Gasteiger partial charge in [0.15, 0.2) is 16.7 Å². The molecule has 3 aromatic rings. The van der Waals surface area contributed by atoms with Gasteiger partial charge >= 0.3 is 5.78 Å². The van der Waals surface area contributed by atoms with E-state index >= 15 is 0 Å². The van der Waals surface area contributed by atoms with Crippen molar-refractivity contribution in [1.82, 2.24) is 9.55 Å². The van der Waals surface area contributed by atoms with Crippen LogP contribution < -0.4 is 15.5 Å². The molecule has 1 aliphatic rings. The minimum Gasteiger partial charge on any atom is -0.344 e. The fourth-order valence-electron chi connectivity index (χ4n) is 3.68. The number of nitrogens with zero attached hydrogens (tertiary/aromatic N) is 3. The highest BCUT2D eigenvalue weighted by Gasteiger charge is 2.31. The molecular formula is C18H21ClN5OS+. The molecule has 1 aliphatic carbocycles. The first-order chi connectivity index (χ1) is 12.6. The maximum absolute atomic E-state index is 12.5. The summed E-state index contributed by atoms with van der Waals surface area (Å²) in [6.07, 6.45) is 5.91. The van der Waals surface area contributed by atoms with Crippen LogP contribution in [-0.2, 0) is 0 Å². The number of imidazole rings is 1. The Hall–Kier alpha value is -2.12. The van der Waals surface area contributed by atoms with E-state index in [0.29, 0.717) is 17.6 Å². The van der Waals surface area contributed by atoms with Crippen molar-refractivity contribution in [2.45, 2.75) is 45.1 Å². The lowest BCUT2D eigenvalue weighted by atomic mass is 9.95. The molecule has 4 rings (SSSR count). The molecule has 1 fully saturated rings. The van der Waals surface area contributed by atoms with Gasteiger partial charge in [0.1, 0.15) is 0 Å². The predicted octanol–water partition coefficient (Wildman–Crippen LogP) is 3.99. The number of halogens is 1. The van der Waals surface area contributed by atoms with Gasteiger partial charge in [-0.15, -0.1) is 16.3 Å². The van der Waals surface area contributed by atoms with Crippen molar-refractivity contribution < 1.29 is 9.20 Å². The van der Waals surface area contributed by atoms with Gasteiger partial charge in [-0.1, -0.05) is 36.9 Å². The molecule has 0 radical (unpaired) electrons. The van der Waals surface area contributed by atoms with Crippen molar-refractivity contribution >= 4 is 46.3 Å². The zero-order chi connectivity index (χ0) is 18.3. The van der Waals surface area contributed by atoms with E-state index in [9.17, 15) is 4.79 Å². The van der Waals surface area contributed by atoms with E-state index in [1.807, 2.05) is 17.5 Å². The number of carbonyl (C=O) groups is 1. The average Bonchev–Trinajstić information content (AvgIpc) is 3.21. The predicted molar refractivity (Wildman–Crippen MR) is 105 cm³/mol. The molecule has 0 bridgehead atoms. The van der Waals surface area contributed by atoms with E-state index in [2.05, 4.69) is 10.3 Å². The Morgan fingerprint density at radius 3 is 2.85 bits per heavy atom. The summed E-state index contributed by atoms with van der Waals surface area (Å²) in [6.45, 7) is 1.53. The molecule has 0 aliphatic heterocycles. The van der Waals surface area contributed by atoms with Gasteiger partial charge in [0.2, 0.25) is 5.82 Å². The highest BCUT2D eigenvalue weighted by molar-refractivity contribution is 7.13. The summed E-state index contributed by atoms with van der Waals surface area (Å²) in [7, 11) is 0. The molecule has 3 N–H and O–H groups in total. The number of hydrogen-bond donors (Lipinski definition) is 2. The van der Waals surface area contributed by atoms with Crippen LogP contribution in [0, 0.1) is 0 Å². The minimum atomic E-state index is -0.128. The van der Waals surface area contributed by atoms with Crippen molar-refractivity contribution in [2.24, 2.45) is 0 Å². The van der Waals surface area contributed by atoms with Crippen molar-refractivity contribution in [1.29, 1.82) is 0 Å². The van der Waals surface area contributed by atoms with Crippen LogP contribution in [0.25, 0.3) is 16.3 Å². The zero-order valence-corrected chi connectivity index (χ0v) is 16.1. The first-order valence-corrected chi connectivity index (χ1v) is 10.1. The van der Waals surface area contributed by atoms with Gasteiger partial charge in [-0.25, -0.2) is 0 Å². The van der Waals surface area contributed by atoms with Crippen molar-refractivity contribution in [2.75, 3.05) is 11.1 Å². The zero-order valence-electron chi connectivity index (χ0n) is 14.5. The van der Waals surface area contributed by atoms with Gasteiger partial charge in [-0.05, 0) is 24.3 Å². The van der Waals surface area contributed by atoms with Gasteiger partial charge in [0, 0.05) is 13.0 Å². The summed E-state index contributed by atoms with van der Waals surface area (Å²) in [6, 6.07) is 5.95. The Bertz CT molecular complexity index is 960. The second kappa shape index (κ2) is 6.89. The molecule has 0 spiro atoms. The summed E-state index contributed by atoms with van der Waals surface area (Å²) in [4.78, 5) is 17.9. The second-order valence-electron chi connectivity index (χ2n) is 6.65. The van der Waals surface area contributed by atoms with Crippen LogP contribution in [0.2, 0.25) is 5.15 Å². The van der Waals surface area contributed by atoms with Crippen molar-refractivity contribution in [3.05, 3.63) is 28.7 Å². The molecule has 0 atom stereocenters. The number of thiophene rings is 1. The highest BCUT2D eigenvalue weighted by atomic mass is 35.5.